The van der Waals surface area contributed by atoms with Gasteiger partial charge in [-0.05, 0) is 43.3 Å². The average molecular weight is 312 g/mol. The Morgan fingerprint density at radius 1 is 1.13 bits per heavy atom. The molecule has 6 heteroatoms. The van der Waals surface area contributed by atoms with Gasteiger partial charge in [-0.1, -0.05) is 6.07 Å². The molecule has 23 heavy (non-hydrogen) atoms. The van der Waals surface area contributed by atoms with Crippen LogP contribution in [0, 0.1) is 0 Å². The molecular weight excluding hydrogens is 296 g/mol. The van der Waals surface area contributed by atoms with Crippen LogP contribution in [0.15, 0.2) is 47.6 Å². The molecule has 0 spiro atoms. The minimum atomic E-state index is -0.302. The van der Waals surface area contributed by atoms with Crippen molar-refractivity contribution in [2.24, 2.45) is 5.10 Å². The van der Waals surface area contributed by atoms with Crippen molar-refractivity contribution in [1.29, 1.82) is 0 Å². The van der Waals surface area contributed by atoms with Crippen molar-refractivity contribution in [3.63, 3.8) is 0 Å². The van der Waals surface area contributed by atoms with Gasteiger partial charge in [0, 0.05) is 11.1 Å². The van der Waals surface area contributed by atoms with Crippen LogP contribution in [0.4, 0.5) is 0 Å². The predicted octanol–water partition coefficient (Wildman–Crippen LogP) is 2.58. The van der Waals surface area contributed by atoms with Crippen LogP contribution in [0.3, 0.4) is 0 Å². The summed E-state index contributed by atoms with van der Waals surface area (Å²) in [6.07, 6.45) is 0. The number of methoxy groups -OCH3 is 1. The number of hydrogen-bond donors (Lipinski definition) is 1. The van der Waals surface area contributed by atoms with Crippen molar-refractivity contribution in [2.45, 2.75) is 6.92 Å². The Kier molecular flexibility index (Phi) is 4.14. The van der Waals surface area contributed by atoms with Gasteiger partial charge in [-0.25, -0.2) is 5.43 Å². The highest BCUT2D eigenvalue weighted by molar-refractivity contribution is 6.01. The smallest absolute Gasteiger partial charge is 0.271 e. The first-order valence-electron chi connectivity index (χ1n) is 7.06. The Balaban J connectivity index is 1.72. The van der Waals surface area contributed by atoms with Gasteiger partial charge < -0.3 is 14.2 Å². The summed E-state index contributed by atoms with van der Waals surface area (Å²) in [6.45, 7) is 2.03. The molecule has 118 valence electrons. The summed E-state index contributed by atoms with van der Waals surface area (Å²) in [5.74, 6) is 1.70. The molecule has 2 aromatic rings. The van der Waals surface area contributed by atoms with E-state index in [2.05, 4.69) is 10.5 Å². The number of fused-ring (bicyclic) bond motifs is 1. The van der Waals surface area contributed by atoms with E-state index in [0.29, 0.717) is 28.5 Å². The lowest BCUT2D eigenvalue weighted by molar-refractivity contribution is 0.0954. The Morgan fingerprint density at radius 3 is 2.78 bits per heavy atom. The summed E-state index contributed by atoms with van der Waals surface area (Å²) >= 11 is 0. The summed E-state index contributed by atoms with van der Waals surface area (Å²) < 4.78 is 15.7. The zero-order valence-electron chi connectivity index (χ0n) is 12.8. The van der Waals surface area contributed by atoms with Crippen molar-refractivity contribution >= 4 is 11.6 Å². The Bertz CT molecular complexity index is 771. The fraction of sp³-hybridized carbons (Fsp3) is 0.176. The lowest BCUT2D eigenvalue weighted by atomic mass is 10.1. The summed E-state index contributed by atoms with van der Waals surface area (Å²) in [7, 11) is 1.55. The molecular formula is C17H16N2O4. The van der Waals surface area contributed by atoms with E-state index < -0.39 is 0 Å². The van der Waals surface area contributed by atoms with Crippen LogP contribution in [0.2, 0.25) is 0 Å². The van der Waals surface area contributed by atoms with Gasteiger partial charge >= 0.3 is 0 Å². The van der Waals surface area contributed by atoms with E-state index >= 15 is 0 Å². The van der Waals surface area contributed by atoms with E-state index in [1.54, 1.807) is 31.4 Å². The quantitative estimate of drug-likeness (QED) is 0.696. The van der Waals surface area contributed by atoms with E-state index in [4.69, 9.17) is 14.2 Å². The Hall–Kier alpha value is -3.02. The van der Waals surface area contributed by atoms with Crippen LogP contribution >= 0.6 is 0 Å². The third-order valence-corrected chi connectivity index (χ3v) is 3.45. The monoisotopic (exact) mass is 312 g/mol. The molecule has 0 bridgehead atoms. The summed E-state index contributed by atoms with van der Waals surface area (Å²) in [5.41, 5.74) is 4.53. The van der Waals surface area contributed by atoms with Gasteiger partial charge in [0.25, 0.3) is 5.91 Å². The highest BCUT2D eigenvalue weighted by Gasteiger charge is 2.14. The largest absolute Gasteiger partial charge is 0.497 e. The molecule has 1 heterocycles. The van der Waals surface area contributed by atoms with E-state index in [-0.39, 0.29) is 12.7 Å². The standard InChI is InChI=1S/C17H16N2O4/c1-11(12-6-7-15-16(9-12)23-10-22-15)18-19-17(20)13-4-3-5-14(8-13)21-2/h3-9H,10H2,1-2H3,(H,19,20). The average Bonchev–Trinajstić information content (AvgIpc) is 3.07. The van der Waals surface area contributed by atoms with Gasteiger partial charge in [-0.2, -0.15) is 5.10 Å². The van der Waals surface area contributed by atoms with Crippen molar-refractivity contribution < 1.29 is 19.0 Å². The molecule has 1 amide bonds. The van der Waals surface area contributed by atoms with Gasteiger partial charge in [0.1, 0.15) is 5.75 Å². The van der Waals surface area contributed by atoms with Gasteiger partial charge in [-0.15, -0.1) is 0 Å². The van der Waals surface area contributed by atoms with Crippen molar-refractivity contribution in [3.05, 3.63) is 53.6 Å². The number of amides is 1. The SMILES string of the molecule is COc1cccc(C(=O)NN=C(C)c2ccc3c(c2)OCO3)c1. The number of hydrazone groups is 1. The fourth-order valence-corrected chi connectivity index (χ4v) is 2.15. The molecule has 1 aliphatic rings. The molecule has 1 N–H and O–H groups in total. The van der Waals surface area contributed by atoms with E-state index in [9.17, 15) is 4.79 Å². The number of nitrogens with zero attached hydrogens (tertiary/aromatic N) is 1. The maximum Gasteiger partial charge on any atom is 0.271 e. The highest BCUT2D eigenvalue weighted by atomic mass is 16.7. The minimum Gasteiger partial charge on any atom is -0.497 e. The zero-order valence-corrected chi connectivity index (χ0v) is 12.8. The topological polar surface area (TPSA) is 69.2 Å². The molecule has 6 nitrogen and oxygen atoms in total. The fourth-order valence-electron chi connectivity index (χ4n) is 2.15. The molecule has 0 atom stereocenters. The van der Waals surface area contributed by atoms with E-state index in [0.717, 1.165) is 5.56 Å². The molecule has 0 aromatic heterocycles. The van der Waals surface area contributed by atoms with Crippen molar-refractivity contribution in [2.75, 3.05) is 13.9 Å². The van der Waals surface area contributed by atoms with E-state index in [1.165, 1.54) is 0 Å². The second-order valence-corrected chi connectivity index (χ2v) is 4.94. The third-order valence-electron chi connectivity index (χ3n) is 3.45. The Labute approximate surface area is 133 Å². The normalized spacial score (nSPS) is 12.9. The number of carbonyl (C=O) groups excluding carboxylic acids is 1. The molecule has 1 aliphatic heterocycles. The van der Waals surface area contributed by atoms with Gasteiger partial charge in [-0.3, -0.25) is 4.79 Å². The molecule has 0 aliphatic carbocycles. The first-order chi connectivity index (χ1) is 11.2. The van der Waals surface area contributed by atoms with Crippen LogP contribution in [-0.2, 0) is 0 Å². The third kappa shape index (κ3) is 3.26. The van der Waals surface area contributed by atoms with Crippen LogP contribution in [0.25, 0.3) is 0 Å². The van der Waals surface area contributed by atoms with Crippen LogP contribution in [0.5, 0.6) is 17.2 Å². The number of carbonyl (C=O) groups is 1. The molecule has 0 unspecified atom stereocenters. The second kappa shape index (κ2) is 6.39. The van der Waals surface area contributed by atoms with E-state index in [1.807, 2.05) is 25.1 Å². The van der Waals surface area contributed by atoms with Gasteiger partial charge in [0.05, 0.1) is 12.8 Å². The zero-order chi connectivity index (χ0) is 16.2. The van der Waals surface area contributed by atoms with Crippen molar-refractivity contribution in [1.82, 2.24) is 5.43 Å². The van der Waals surface area contributed by atoms with Crippen LogP contribution in [-0.4, -0.2) is 25.5 Å². The molecule has 2 aromatic carbocycles. The lowest BCUT2D eigenvalue weighted by Crippen LogP contribution is -2.19. The minimum absolute atomic E-state index is 0.224. The lowest BCUT2D eigenvalue weighted by Gasteiger charge is -2.05. The molecule has 3 rings (SSSR count). The number of hydrogen-bond acceptors (Lipinski definition) is 5. The number of rotatable bonds is 4. The first-order valence-corrected chi connectivity index (χ1v) is 7.06. The summed E-state index contributed by atoms with van der Waals surface area (Å²) in [5, 5.41) is 4.13. The maximum atomic E-state index is 12.1. The number of ether oxygens (including phenoxy) is 3. The number of nitrogens with one attached hydrogen (secondary N) is 1. The van der Waals surface area contributed by atoms with Gasteiger partial charge in [0.15, 0.2) is 11.5 Å². The van der Waals surface area contributed by atoms with Crippen molar-refractivity contribution in [3.8, 4) is 17.2 Å². The summed E-state index contributed by atoms with van der Waals surface area (Å²) in [6, 6.07) is 12.4. The van der Waals surface area contributed by atoms with Crippen LogP contribution < -0.4 is 19.6 Å². The highest BCUT2D eigenvalue weighted by Crippen LogP contribution is 2.32. The van der Waals surface area contributed by atoms with Gasteiger partial charge in [0.2, 0.25) is 6.79 Å². The maximum absolute atomic E-state index is 12.1. The number of benzene rings is 2. The molecule has 0 radical (unpaired) electrons. The first kappa shape index (κ1) is 14.9. The molecule has 0 saturated carbocycles. The predicted molar refractivity (Wildman–Crippen MR) is 85.2 cm³/mol. The molecule has 0 saturated heterocycles. The second-order valence-electron chi connectivity index (χ2n) is 4.94. The molecule has 0 fully saturated rings. The Morgan fingerprint density at radius 2 is 1.96 bits per heavy atom. The summed E-state index contributed by atoms with van der Waals surface area (Å²) in [4.78, 5) is 12.1. The van der Waals surface area contributed by atoms with Crippen LogP contribution in [0.1, 0.15) is 22.8 Å².